The van der Waals surface area contributed by atoms with E-state index in [4.69, 9.17) is 5.26 Å². The highest BCUT2D eigenvalue weighted by Gasteiger charge is 2.21. The zero-order chi connectivity index (χ0) is 19.6. The van der Waals surface area contributed by atoms with Crippen LogP contribution >= 0.6 is 0 Å². The molecule has 0 atom stereocenters. The van der Waals surface area contributed by atoms with Crippen LogP contribution in [0.3, 0.4) is 0 Å². The summed E-state index contributed by atoms with van der Waals surface area (Å²) in [6, 6.07) is 19.0. The molecular formula is C26H30FN. The molecule has 1 nitrogen and oxygen atoms in total. The lowest BCUT2D eigenvalue weighted by molar-refractivity contribution is 0.305. The molecule has 0 N–H and O–H groups in total. The summed E-state index contributed by atoms with van der Waals surface area (Å²) in [7, 11) is 0. The SMILES string of the molecule is N#Cc1ccc(-c2ccc(C3CCC(CCC/C=C/CCF)CC3)cc2)cc1. The molecule has 2 aromatic carbocycles. The zero-order valence-electron chi connectivity index (χ0n) is 16.6. The lowest BCUT2D eigenvalue weighted by Gasteiger charge is -2.29. The van der Waals surface area contributed by atoms with Crippen molar-refractivity contribution in [2.75, 3.05) is 6.67 Å². The number of benzene rings is 2. The van der Waals surface area contributed by atoms with E-state index in [9.17, 15) is 4.39 Å². The maximum atomic E-state index is 12.0. The molecule has 28 heavy (non-hydrogen) atoms. The highest BCUT2D eigenvalue weighted by atomic mass is 19.1. The molecule has 0 aliphatic heterocycles. The van der Waals surface area contributed by atoms with Gasteiger partial charge in [-0.15, -0.1) is 0 Å². The second-order valence-corrected chi connectivity index (χ2v) is 7.91. The van der Waals surface area contributed by atoms with E-state index in [1.54, 1.807) is 0 Å². The number of hydrogen-bond acceptors (Lipinski definition) is 1. The number of nitrogens with zero attached hydrogens (tertiary/aromatic N) is 1. The fourth-order valence-corrected chi connectivity index (χ4v) is 4.29. The van der Waals surface area contributed by atoms with Crippen molar-refractivity contribution in [2.24, 2.45) is 5.92 Å². The summed E-state index contributed by atoms with van der Waals surface area (Å²) in [5.74, 6) is 1.56. The monoisotopic (exact) mass is 375 g/mol. The number of halogens is 1. The molecule has 1 aliphatic rings. The summed E-state index contributed by atoms with van der Waals surface area (Å²) in [5.41, 5.74) is 4.54. The van der Waals surface area contributed by atoms with Crippen LogP contribution in [-0.2, 0) is 0 Å². The standard InChI is InChI=1S/C26H30FN/c27-19-5-3-1-2-4-6-21-7-11-23(12-8-21)25-15-17-26(18-16-25)24-13-9-22(20-28)10-14-24/h1,3,9-10,13-18,21,23H,2,4-8,11-12,19H2/b3-1+. The topological polar surface area (TPSA) is 23.8 Å². The van der Waals surface area contributed by atoms with E-state index in [1.807, 2.05) is 30.3 Å². The van der Waals surface area contributed by atoms with Crippen molar-refractivity contribution >= 4 is 0 Å². The van der Waals surface area contributed by atoms with Crippen molar-refractivity contribution in [3.8, 4) is 17.2 Å². The van der Waals surface area contributed by atoms with Crippen LogP contribution in [0.1, 0.15) is 68.4 Å². The van der Waals surface area contributed by atoms with Crippen LogP contribution in [0, 0.1) is 17.2 Å². The Labute approximate surface area is 168 Å². The molecule has 2 aromatic rings. The molecule has 0 bridgehead atoms. The largest absolute Gasteiger partial charge is 0.251 e. The van der Waals surface area contributed by atoms with Gasteiger partial charge in [0, 0.05) is 0 Å². The predicted molar refractivity (Wildman–Crippen MR) is 115 cm³/mol. The van der Waals surface area contributed by atoms with E-state index in [2.05, 4.69) is 36.4 Å². The van der Waals surface area contributed by atoms with Gasteiger partial charge in [-0.1, -0.05) is 55.0 Å². The molecule has 0 saturated heterocycles. The molecular weight excluding hydrogens is 345 g/mol. The van der Waals surface area contributed by atoms with Gasteiger partial charge in [-0.3, -0.25) is 4.39 Å². The molecule has 0 unspecified atom stereocenters. The summed E-state index contributed by atoms with van der Waals surface area (Å²) in [4.78, 5) is 0. The van der Waals surface area contributed by atoms with Gasteiger partial charge in [-0.25, -0.2) is 0 Å². The number of hydrogen-bond donors (Lipinski definition) is 0. The summed E-state index contributed by atoms with van der Waals surface area (Å²) in [6.07, 6.45) is 13.6. The summed E-state index contributed by atoms with van der Waals surface area (Å²) >= 11 is 0. The third-order valence-corrected chi connectivity index (χ3v) is 6.00. The number of rotatable bonds is 8. The number of nitriles is 1. The van der Waals surface area contributed by atoms with Crippen molar-refractivity contribution < 1.29 is 4.39 Å². The smallest absolute Gasteiger partial charge is 0.0991 e. The van der Waals surface area contributed by atoms with E-state index in [-0.39, 0.29) is 6.67 Å². The lowest BCUT2D eigenvalue weighted by atomic mass is 9.77. The van der Waals surface area contributed by atoms with Crippen LogP contribution in [0.4, 0.5) is 4.39 Å². The Morgan fingerprint density at radius 3 is 2.07 bits per heavy atom. The number of allylic oxidation sites excluding steroid dienone is 2. The Balaban J connectivity index is 1.46. The van der Waals surface area contributed by atoms with Crippen LogP contribution in [-0.4, -0.2) is 6.67 Å². The Morgan fingerprint density at radius 2 is 1.46 bits per heavy atom. The van der Waals surface area contributed by atoms with E-state index < -0.39 is 0 Å². The molecule has 146 valence electrons. The van der Waals surface area contributed by atoms with Gasteiger partial charge in [0.05, 0.1) is 18.3 Å². The molecule has 1 fully saturated rings. The van der Waals surface area contributed by atoms with Gasteiger partial charge in [-0.05, 0) is 85.6 Å². The molecule has 1 saturated carbocycles. The minimum atomic E-state index is -0.241. The molecule has 0 heterocycles. The zero-order valence-corrected chi connectivity index (χ0v) is 16.6. The summed E-state index contributed by atoms with van der Waals surface area (Å²) in [6.45, 7) is -0.241. The summed E-state index contributed by atoms with van der Waals surface area (Å²) in [5, 5.41) is 8.92. The van der Waals surface area contributed by atoms with E-state index in [0.29, 0.717) is 17.9 Å². The maximum absolute atomic E-state index is 12.0. The van der Waals surface area contributed by atoms with Crippen molar-refractivity contribution in [3.05, 3.63) is 71.8 Å². The second-order valence-electron chi connectivity index (χ2n) is 7.91. The molecule has 2 heteroatoms. The van der Waals surface area contributed by atoms with Crippen LogP contribution < -0.4 is 0 Å². The Morgan fingerprint density at radius 1 is 0.857 bits per heavy atom. The van der Waals surface area contributed by atoms with Crippen LogP contribution in [0.15, 0.2) is 60.7 Å². The van der Waals surface area contributed by atoms with Crippen molar-refractivity contribution in [1.82, 2.24) is 0 Å². The van der Waals surface area contributed by atoms with Crippen LogP contribution in [0.25, 0.3) is 11.1 Å². The first-order valence-corrected chi connectivity index (χ1v) is 10.6. The first-order chi connectivity index (χ1) is 13.8. The van der Waals surface area contributed by atoms with Crippen molar-refractivity contribution in [1.29, 1.82) is 5.26 Å². The number of alkyl halides is 1. The van der Waals surface area contributed by atoms with Crippen molar-refractivity contribution in [3.63, 3.8) is 0 Å². The van der Waals surface area contributed by atoms with Gasteiger partial charge in [-0.2, -0.15) is 5.26 Å². The van der Waals surface area contributed by atoms with Gasteiger partial charge < -0.3 is 0 Å². The fourth-order valence-electron chi connectivity index (χ4n) is 4.29. The Bertz CT molecular complexity index is 775. The van der Waals surface area contributed by atoms with Crippen LogP contribution in [0.2, 0.25) is 0 Å². The molecule has 0 radical (unpaired) electrons. The highest BCUT2D eigenvalue weighted by Crippen LogP contribution is 2.38. The first-order valence-electron chi connectivity index (χ1n) is 10.6. The van der Waals surface area contributed by atoms with Gasteiger partial charge >= 0.3 is 0 Å². The minimum Gasteiger partial charge on any atom is -0.251 e. The Hall–Kier alpha value is -2.40. The number of unbranched alkanes of at least 4 members (excludes halogenated alkanes) is 1. The lowest BCUT2D eigenvalue weighted by Crippen LogP contribution is -2.13. The normalized spacial score (nSPS) is 19.6. The molecule has 0 amide bonds. The average Bonchev–Trinajstić information content (AvgIpc) is 2.77. The second kappa shape index (κ2) is 10.8. The summed E-state index contributed by atoms with van der Waals surface area (Å²) < 4.78 is 12.0. The maximum Gasteiger partial charge on any atom is 0.0991 e. The van der Waals surface area contributed by atoms with E-state index >= 15 is 0 Å². The third kappa shape index (κ3) is 5.80. The fraction of sp³-hybridized carbons (Fsp3) is 0.423. The molecule has 3 rings (SSSR count). The van der Waals surface area contributed by atoms with E-state index in [1.165, 1.54) is 49.7 Å². The molecule has 1 aliphatic carbocycles. The van der Waals surface area contributed by atoms with E-state index in [0.717, 1.165) is 17.9 Å². The minimum absolute atomic E-state index is 0.241. The highest BCUT2D eigenvalue weighted by molar-refractivity contribution is 5.64. The Kier molecular flexibility index (Phi) is 7.85. The predicted octanol–water partition coefficient (Wildman–Crippen LogP) is 7.59. The molecule has 0 aromatic heterocycles. The molecule has 0 spiro atoms. The van der Waals surface area contributed by atoms with Gasteiger partial charge in [0.25, 0.3) is 0 Å². The van der Waals surface area contributed by atoms with Gasteiger partial charge in [0.1, 0.15) is 0 Å². The average molecular weight is 376 g/mol. The van der Waals surface area contributed by atoms with Crippen LogP contribution in [0.5, 0.6) is 0 Å². The quantitative estimate of drug-likeness (QED) is 0.344. The van der Waals surface area contributed by atoms with Crippen molar-refractivity contribution in [2.45, 2.75) is 57.3 Å². The van der Waals surface area contributed by atoms with Gasteiger partial charge in [0.15, 0.2) is 0 Å². The first kappa shape index (κ1) is 20.3. The third-order valence-electron chi connectivity index (χ3n) is 6.00. The van der Waals surface area contributed by atoms with Gasteiger partial charge in [0.2, 0.25) is 0 Å².